The molecule has 0 spiro atoms. The van der Waals surface area contributed by atoms with E-state index in [1.165, 1.54) is 4.57 Å². The molecule has 1 aromatic heterocycles. The Balaban J connectivity index is 2.85. The number of aromatic amines is 2. The molecule has 15 heavy (non-hydrogen) atoms. The summed E-state index contributed by atoms with van der Waals surface area (Å²) in [6.07, 6.45) is 0.855. The Morgan fingerprint density at radius 3 is 2.73 bits per heavy atom. The molecule has 0 saturated heterocycles. The monoisotopic (exact) mass is 230 g/mol. The smallest absolute Gasteiger partial charge is 0.343 e. The molecule has 3 N–H and O–H groups in total. The van der Waals surface area contributed by atoms with Gasteiger partial charge < -0.3 is 5.32 Å². The number of amides is 1. The number of hydrogen-bond donors (Lipinski definition) is 3. The zero-order valence-corrected chi connectivity index (χ0v) is 9.48. The van der Waals surface area contributed by atoms with Crippen LogP contribution in [0.25, 0.3) is 0 Å². The summed E-state index contributed by atoms with van der Waals surface area (Å²) in [5.74, 6) is -0.210. The van der Waals surface area contributed by atoms with Crippen molar-refractivity contribution < 1.29 is 4.79 Å². The molecule has 0 saturated carbocycles. The van der Waals surface area contributed by atoms with Crippen LogP contribution in [0, 0.1) is 4.77 Å². The van der Waals surface area contributed by atoms with Crippen LogP contribution >= 0.6 is 12.2 Å². The number of H-pyrrole nitrogens is 2. The van der Waals surface area contributed by atoms with E-state index >= 15 is 0 Å². The molecule has 7 heteroatoms. The van der Waals surface area contributed by atoms with Crippen LogP contribution in [0.5, 0.6) is 0 Å². The van der Waals surface area contributed by atoms with Gasteiger partial charge in [0.1, 0.15) is 6.04 Å². The maximum atomic E-state index is 11.6. The number of aromatic nitrogens is 3. The van der Waals surface area contributed by atoms with E-state index in [1.807, 2.05) is 6.92 Å². The van der Waals surface area contributed by atoms with Gasteiger partial charge in [0.05, 0.1) is 0 Å². The van der Waals surface area contributed by atoms with E-state index < -0.39 is 11.7 Å². The van der Waals surface area contributed by atoms with Crippen molar-refractivity contribution in [1.82, 2.24) is 20.1 Å². The minimum atomic E-state index is -0.598. The Bertz CT molecular complexity index is 416. The summed E-state index contributed by atoms with van der Waals surface area (Å²) in [6, 6.07) is -0.598. The average molecular weight is 230 g/mol. The van der Waals surface area contributed by atoms with Crippen LogP contribution in [0.3, 0.4) is 0 Å². The van der Waals surface area contributed by atoms with Crippen molar-refractivity contribution in [2.75, 3.05) is 6.54 Å². The molecule has 1 heterocycles. The number of hydrogen-bond acceptors (Lipinski definition) is 3. The number of nitrogens with zero attached hydrogens (tertiary/aromatic N) is 1. The van der Waals surface area contributed by atoms with Gasteiger partial charge in [-0.25, -0.2) is 9.89 Å². The Morgan fingerprint density at radius 1 is 1.60 bits per heavy atom. The highest BCUT2D eigenvalue weighted by Crippen LogP contribution is 2.01. The standard InChI is InChI=1S/C8H14N4O2S/c1-3-4-9-6(13)5(2)12-7(14)10-11-8(12)15/h5H,3-4H2,1-2H3,(H,9,13)(H,10,14)(H,11,15). The number of carbonyl (C=O) groups is 1. The fraction of sp³-hybridized carbons (Fsp3) is 0.625. The third kappa shape index (κ3) is 2.56. The van der Waals surface area contributed by atoms with Crippen LogP contribution in [0.4, 0.5) is 0 Å². The fourth-order valence-electron chi connectivity index (χ4n) is 1.18. The SMILES string of the molecule is CCCNC(=O)C(C)n1c(=O)[nH][nH]c1=S. The Hall–Kier alpha value is -1.37. The molecule has 1 atom stereocenters. The minimum Gasteiger partial charge on any atom is -0.354 e. The highest BCUT2D eigenvalue weighted by Gasteiger charge is 2.17. The van der Waals surface area contributed by atoms with Crippen molar-refractivity contribution in [3.63, 3.8) is 0 Å². The zero-order chi connectivity index (χ0) is 11.4. The summed E-state index contributed by atoms with van der Waals surface area (Å²) in [6.45, 7) is 4.18. The molecule has 1 amide bonds. The molecule has 1 aromatic rings. The second-order valence-corrected chi connectivity index (χ2v) is 3.58. The minimum absolute atomic E-state index is 0.210. The van der Waals surface area contributed by atoms with Gasteiger partial charge in [0.15, 0.2) is 4.77 Å². The van der Waals surface area contributed by atoms with E-state index in [4.69, 9.17) is 12.2 Å². The summed E-state index contributed by atoms with van der Waals surface area (Å²) >= 11 is 4.88. The summed E-state index contributed by atoms with van der Waals surface area (Å²) in [5.41, 5.74) is -0.404. The first kappa shape index (κ1) is 11.7. The molecule has 6 nitrogen and oxygen atoms in total. The third-order valence-corrected chi connectivity index (χ3v) is 2.33. The predicted octanol–water partition coefficient (Wildman–Crippen LogP) is 0.321. The molecular formula is C8H14N4O2S. The van der Waals surface area contributed by atoms with Gasteiger partial charge in [0, 0.05) is 6.54 Å². The van der Waals surface area contributed by atoms with Gasteiger partial charge in [-0.1, -0.05) is 6.92 Å². The number of nitrogens with one attached hydrogen (secondary N) is 3. The normalized spacial score (nSPS) is 12.4. The molecule has 0 radical (unpaired) electrons. The number of carbonyl (C=O) groups excluding carboxylic acids is 1. The van der Waals surface area contributed by atoms with Gasteiger partial charge in [-0.15, -0.1) is 0 Å². The Labute approximate surface area is 91.7 Å². The van der Waals surface area contributed by atoms with Crippen LogP contribution in [0.1, 0.15) is 26.3 Å². The third-order valence-electron chi connectivity index (χ3n) is 2.03. The first-order valence-corrected chi connectivity index (χ1v) is 5.15. The van der Waals surface area contributed by atoms with Gasteiger partial charge in [0.25, 0.3) is 0 Å². The van der Waals surface area contributed by atoms with Crippen molar-refractivity contribution in [2.45, 2.75) is 26.3 Å². The lowest BCUT2D eigenvalue weighted by molar-refractivity contribution is -0.123. The highest BCUT2D eigenvalue weighted by molar-refractivity contribution is 7.71. The fourth-order valence-corrected chi connectivity index (χ4v) is 1.48. The van der Waals surface area contributed by atoms with Gasteiger partial charge in [-0.3, -0.25) is 14.5 Å². The van der Waals surface area contributed by atoms with Crippen molar-refractivity contribution in [3.8, 4) is 0 Å². The number of rotatable bonds is 4. The molecule has 1 rings (SSSR count). The first-order valence-electron chi connectivity index (χ1n) is 4.74. The summed E-state index contributed by atoms with van der Waals surface area (Å²) < 4.78 is 1.43. The van der Waals surface area contributed by atoms with Crippen molar-refractivity contribution >= 4 is 18.1 Å². The second kappa shape index (κ2) is 4.92. The van der Waals surface area contributed by atoms with Gasteiger partial charge in [-0.2, -0.15) is 0 Å². The summed E-state index contributed by atoms with van der Waals surface area (Å²) in [4.78, 5) is 22.8. The molecule has 0 aliphatic rings. The Morgan fingerprint density at radius 2 is 2.27 bits per heavy atom. The van der Waals surface area contributed by atoms with Crippen molar-refractivity contribution in [3.05, 3.63) is 15.3 Å². The molecule has 0 bridgehead atoms. The van der Waals surface area contributed by atoms with E-state index in [2.05, 4.69) is 15.5 Å². The lowest BCUT2D eigenvalue weighted by Crippen LogP contribution is -2.35. The predicted molar refractivity (Wildman–Crippen MR) is 58.2 cm³/mol. The second-order valence-electron chi connectivity index (χ2n) is 3.20. The largest absolute Gasteiger partial charge is 0.354 e. The van der Waals surface area contributed by atoms with E-state index in [9.17, 15) is 9.59 Å². The van der Waals surface area contributed by atoms with Gasteiger partial charge >= 0.3 is 5.69 Å². The molecule has 0 aliphatic heterocycles. The molecular weight excluding hydrogens is 216 g/mol. The quantitative estimate of drug-likeness (QED) is 0.651. The summed E-state index contributed by atoms with van der Waals surface area (Å²) in [5, 5.41) is 7.52. The Kier molecular flexibility index (Phi) is 3.84. The maximum Gasteiger partial charge on any atom is 0.343 e. The van der Waals surface area contributed by atoms with E-state index in [1.54, 1.807) is 6.92 Å². The van der Waals surface area contributed by atoms with E-state index in [-0.39, 0.29) is 10.7 Å². The zero-order valence-electron chi connectivity index (χ0n) is 8.66. The van der Waals surface area contributed by atoms with Crippen LogP contribution in [-0.2, 0) is 4.79 Å². The van der Waals surface area contributed by atoms with E-state index in [0.29, 0.717) is 6.54 Å². The lowest BCUT2D eigenvalue weighted by atomic mass is 10.3. The van der Waals surface area contributed by atoms with Crippen molar-refractivity contribution in [2.24, 2.45) is 0 Å². The van der Waals surface area contributed by atoms with Crippen LogP contribution in [0.15, 0.2) is 4.79 Å². The average Bonchev–Trinajstić information content (AvgIpc) is 2.54. The van der Waals surface area contributed by atoms with Crippen LogP contribution in [0.2, 0.25) is 0 Å². The van der Waals surface area contributed by atoms with Crippen LogP contribution in [-0.4, -0.2) is 27.2 Å². The highest BCUT2D eigenvalue weighted by atomic mass is 32.1. The topological polar surface area (TPSA) is 82.7 Å². The van der Waals surface area contributed by atoms with Crippen LogP contribution < -0.4 is 11.0 Å². The van der Waals surface area contributed by atoms with Gasteiger partial charge in [-0.05, 0) is 25.6 Å². The van der Waals surface area contributed by atoms with E-state index in [0.717, 1.165) is 6.42 Å². The molecule has 0 aliphatic carbocycles. The summed E-state index contributed by atoms with van der Waals surface area (Å²) in [7, 11) is 0. The van der Waals surface area contributed by atoms with Crippen molar-refractivity contribution in [1.29, 1.82) is 0 Å². The molecule has 84 valence electrons. The lowest BCUT2D eigenvalue weighted by Gasteiger charge is -2.11. The first-order chi connectivity index (χ1) is 7.07. The maximum absolute atomic E-state index is 11.6. The molecule has 0 aromatic carbocycles. The molecule has 0 fully saturated rings. The van der Waals surface area contributed by atoms with Gasteiger partial charge in [0.2, 0.25) is 5.91 Å². The molecule has 1 unspecified atom stereocenters.